The predicted octanol–water partition coefficient (Wildman–Crippen LogP) is 2.15. The van der Waals surface area contributed by atoms with Gasteiger partial charge in [0.15, 0.2) is 0 Å². The number of nitrogens with two attached hydrogens (primary N) is 1. The molecular formula is C13H21ClN2O2. The molecule has 1 aromatic carbocycles. The highest BCUT2D eigenvalue weighted by molar-refractivity contribution is 6.30. The Morgan fingerprint density at radius 2 is 2.22 bits per heavy atom. The van der Waals surface area contributed by atoms with Crippen LogP contribution < -0.4 is 16.0 Å². The second-order valence-corrected chi connectivity index (χ2v) is 4.45. The second kappa shape index (κ2) is 8.32. The minimum atomic E-state index is 0.143. The number of benzene rings is 1. The smallest absolute Gasteiger partial charge is 0.122 e. The molecule has 3 N–H and O–H groups in total. The zero-order valence-electron chi connectivity index (χ0n) is 10.9. The van der Waals surface area contributed by atoms with E-state index >= 15 is 0 Å². The Bertz CT molecular complexity index is 361. The van der Waals surface area contributed by atoms with Crippen molar-refractivity contribution in [2.75, 3.05) is 20.3 Å². The summed E-state index contributed by atoms with van der Waals surface area (Å²) in [5.41, 5.74) is 3.85. The first-order valence-electron chi connectivity index (χ1n) is 6.07. The number of nitrogens with one attached hydrogen (secondary N) is 1. The van der Waals surface area contributed by atoms with Gasteiger partial charge in [0, 0.05) is 24.3 Å². The van der Waals surface area contributed by atoms with Crippen molar-refractivity contribution in [3.8, 4) is 5.75 Å². The van der Waals surface area contributed by atoms with E-state index in [1.54, 1.807) is 7.11 Å². The van der Waals surface area contributed by atoms with Gasteiger partial charge in [-0.25, -0.2) is 0 Å². The summed E-state index contributed by atoms with van der Waals surface area (Å²) in [5, 5.41) is 0.700. The molecule has 0 bridgehead atoms. The molecule has 5 heteroatoms. The maximum Gasteiger partial charge on any atom is 0.122 e. The molecule has 1 unspecified atom stereocenters. The average Bonchev–Trinajstić information content (AvgIpc) is 2.38. The minimum Gasteiger partial charge on any atom is -0.496 e. The Morgan fingerprint density at radius 1 is 1.44 bits per heavy atom. The molecule has 18 heavy (non-hydrogen) atoms. The van der Waals surface area contributed by atoms with E-state index in [1.807, 2.05) is 25.1 Å². The first-order chi connectivity index (χ1) is 8.71. The van der Waals surface area contributed by atoms with Crippen LogP contribution in [-0.2, 0) is 11.2 Å². The van der Waals surface area contributed by atoms with Gasteiger partial charge in [-0.2, -0.15) is 0 Å². The van der Waals surface area contributed by atoms with Crippen LogP contribution in [0.2, 0.25) is 5.02 Å². The molecule has 0 aliphatic carbocycles. The lowest BCUT2D eigenvalue weighted by Crippen LogP contribution is -2.37. The van der Waals surface area contributed by atoms with Crippen molar-refractivity contribution >= 4 is 11.6 Å². The fourth-order valence-electron chi connectivity index (χ4n) is 1.79. The second-order valence-electron chi connectivity index (χ2n) is 4.01. The maximum absolute atomic E-state index is 6.00. The Hall–Kier alpha value is -0.810. The molecule has 1 rings (SSSR count). The van der Waals surface area contributed by atoms with Crippen molar-refractivity contribution in [2.24, 2.45) is 5.84 Å². The van der Waals surface area contributed by atoms with E-state index < -0.39 is 0 Å². The minimum absolute atomic E-state index is 0.143. The Labute approximate surface area is 113 Å². The molecule has 0 amide bonds. The van der Waals surface area contributed by atoms with E-state index in [0.29, 0.717) is 11.6 Å². The van der Waals surface area contributed by atoms with Gasteiger partial charge in [0.25, 0.3) is 0 Å². The van der Waals surface area contributed by atoms with Gasteiger partial charge in [-0.1, -0.05) is 11.6 Å². The van der Waals surface area contributed by atoms with Gasteiger partial charge in [0.05, 0.1) is 7.11 Å². The fraction of sp³-hybridized carbons (Fsp3) is 0.538. The molecule has 0 aliphatic heterocycles. The molecule has 1 atom stereocenters. The summed E-state index contributed by atoms with van der Waals surface area (Å²) in [7, 11) is 1.65. The first-order valence-corrected chi connectivity index (χ1v) is 6.45. The van der Waals surface area contributed by atoms with Gasteiger partial charge in [-0.15, -0.1) is 0 Å². The number of rotatable bonds is 8. The van der Waals surface area contributed by atoms with Crippen LogP contribution in [0.25, 0.3) is 0 Å². The number of halogens is 1. The van der Waals surface area contributed by atoms with E-state index in [1.165, 1.54) is 0 Å². The van der Waals surface area contributed by atoms with Gasteiger partial charge < -0.3 is 9.47 Å². The summed E-state index contributed by atoms with van der Waals surface area (Å²) in [6, 6.07) is 5.73. The van der Waals surface area contributed by atoms with Crippen LogP contribution in [0.4, 0.5) is 0 Å². The molecular weight excluding hydrogens is 252 g/mol. The summed E-state index contributed by atoms with van der Waals surface area (Å²) in [6.07, 6.45) is 1.60. The standard InChI is InChI=1S/C13H21ClN2O2/c1-3-18-7-6-12(16-15)9-10-8-11(14)4-5-13(10)17-2/h4-5,8,12,16H,3,6-7,9,15H2,1-2H3. The molecule has 102 valence electrons. The molecule has 0 saturated carbocycles. The number of hydrogen-bond donors (Lipinski definition) is 2. The largest absolute Gasteiger partial charge is 0.496 e. The first kappa shape index (κ1) is 15.2. The van der Waals surface area contributed by atoms with E-state index in [9.17, 15) is 0 Å². The predicted molar refractivity (Wildman–Crippen MR) is 73.9 cm³/mol. The zero-order chi connectivity index (χ0) is 13.4. The summed E-state index contributed by atoms with van der Waals surface area (Å²) in [4.78, 5) is 0. The lowest BCUT2D eigenvalue weighted by atomic mass is 10.0. The monoisotopic (exact) mass is 272 g/mol. The highest BCUT2D eigenvalue weighted by Gasteiger charge is 2.12. The lowest BCUT2D eigenvalue weighted by molar-refractivity contribution is 0.136. The van der Waals surface area contributed by atoms with Gasteiger partial charge >= 0.3 is 0 Å². The SMILES string of the molecule is CCOCCC(Cc1cc(Cl)ccc1OC)NN. The summed E-state index contributed by atoms with van der Waals surface area (Å²) >= 11 is 6.00. The van der Waals surface area contributed by atoms with Crippen LogP contribution in [-0.4, -0.2) is 26.4 Å². The quantitative estimate of drug-likeness (QED) is 0.433. The number of hydrazine groups is 1. The molecule has 0 heterocycles. The normalized spacial score (nSPS) is 12.4. The molecule has 0 aliphatic rings. The van der Waals surface area contributed by atoms with Gasteiger partial charge in [-0.3, -0.25) is 11.3 Å². The molecule has 4 nitrogen and oxygen atoms in total. The highest BCUT2D eigenvalue weighted by Crippen LogP contribution is 2.24. The average molecular weight is 273 g/mol. The lowest BCUT2D eigenvalue weighted by Gasteiger charge is -2.17. The fourth-order valence-corrected chi connectivity index (χ4v) is 1.98. The van der Waals surface area contributed by atoms with E-state index in [4.69, 9.17) is 26.9 Å². The summed E-state index contributed by atoms with van der Waals surface area (Å²) < 4.78 is 10.6. The Balaban J connectivity index is 2.65. The van der Waals surface area contributed by atoms with Crippen LogP contribution in [0.5, 0.6) is 5.75 Å². The van der Waals surface area contributed by atoms with Crippen molar-refractivity contribution < 1.29 is 9.47 Å². The highest BCUT2D eigenvalue weighted by atomic mass is 35.5. The van der Waals surface area contributed by atoms with Crippen molar-refractivity contribution in [1.82, 2.24) is 5.43 Å². The van der Waals surface area contributed by atoms with Gasteiger partial charge in [0.1, 0.15) is 5.75 Å². The third kappa shape index (κ3) is 4.82. The van der Waals surface area contributed by atoms with E-state index in [0.717, 1.165) is 30.8 Å². The molecule has 0 spiro atoms. The topological polar surface area (TPSA) is 56.5 Å². The Morgan fingerprint density at radius 3 is 2.83 bits per heavy atom. The van der Waals surface area contributed by atoms with Crippen LogP contribution in [0.15, 0.2) is 18.2 Å². The number of ether oxygens (including phenoxy) is 2. The summed E-state index contributed by atoms with van der Waals surface area (Å²) in [5.74, 6) is 6.38. The van der Waals surface area contributed by atoms with Crippen molar-refractivity contribution in [3.05, 3.63) is 28.8 Å². The van der Waals surface area contributed by atoms with E-state index in [2.05, 4.69) is 5.43 Å². The van der Waals surface area contributed by atoms with Gasteiger partial charge in [-0.05, 0) is 43.5 Å². The third-order valence-corrected chi connectivity index (χ3v) is 2.99. The molecule has 0 aromatic heterocycles. The van der Waals surface area contributed by atoms with Crippen molar-refractivity contribution in [3.63, 3.8) is 0 Å². The van der Waals surface area contributed by atoms with Crippen LogP contribution >= 0.6 is 11.6 Å². The van der Waals surface area contributed by atoms with Crippen LogP contribution in [0.1, 0.15) is 18.9 Å². The molecule has 1 aromatic rings. The third-order valence-electron chi connectivity index (χ3n) is 2.76. The molecule has 0 fully saturated rings. The van der Waals surface area contributed by atoms with E-state index in [-0.39, 0.29) is 6.04 Å². The van der Waals surface area contributed by atoms with Crippen LogP contribution in [0.3, 0.4) is 0 Å². The molecule has 0 saturated heterocycles. The number of methoxy groups -OCH3 is 1. The van der Waals surface area contributed by atoms with Crippen LogP contribution in [0, 0.1) is 0 Å². The van der Waals surface area contributed by atoms with Gasteiger partial charge in [0.2, 0.25) is 0 Å². The van der Waals surface area contributed by atoms with Crippen molar-refractivity contribution in [2.45, 2.75) is 25.8 Å². The maximum atomic E-state index is 6.00. The number of hydrogen-bond acceptors (Lipinski definition) is 4. The zero-order valence-corrected chi connectivity index (χ0v) is 11.7. The molecule has 0 radical (unpaired) electrons. The summed E-state index contributed by atoms with van der Waals surface area (Å²) in [6.45, 7) is 3.39. The Kier molecular flexibility index (Phi) is 7.05. The van der Waals surface area contributed by atoms with Crippen molar-refractivity contribution in [1.29, 1.82) is 0 Å².